The number of aryl methyl sites for hydroxylation is 1. The third kappa shape index (κ3) is 3.14. The molecule has 0 amide bonds. The maximum absolute atomic E-state index is 12.0. The molecule has 1 aromatic carbocycles. The van der Waals surface area contributed by atoms with Crippen LogP contribution in [0.2, 0.25) is 0 Å². The summed E-state index contributed by atoms with van der Waals surface area (Å²) >= 11 is 8.98. The van der Waals surface area contributed by atoms with E-state index >= 15 is 0 Å². The van der Waals surface area contributed by atoms with Gasteiger partial charge < -0.3 is 4.74 Å². The van der Waals surface area contributed by atoms with Crippen LogP contribution in [0, 0.1) is 0 Å². The van der Waals surface area contributed by atoms with E-state index in [2.05, 4.69) is 15.9 Å². The molecule has 0 saturated heterocycles. The molecule has 0 aliphatic heterocycles. The molecule has 0 saturated carbocycles. The monoisotopic (exact) mass is 280 g/mol. The highest BCUT2D eigenvalue weighted by Gasteiger charge is 2.05. The Morgan fingerprint density at radius 3 is 2.86 bits per heavy atom. The zero-order valence-corrected chi connectivity index (χ0v) is 9.94. The van der Waals surface area contributed by atoms with Crippen LogP contribution < -0.4 is 4.74 Å². The molecule has 0 radical (unpaired) electrons. The summed E-state index contributed by atoms with van der Waals surface area (Å²) in [4.78, 5) is 0. The molecule has 0 aliphatic rings. The third-order valence-corrected chi connectivity index (χ3v) is 3.00. The van der Waals surface area contributed by atoms with E-state index in [4.69, 9.17) is 16.3 Å². The number of hydrogen-bond donors (Lipinski definition) is 0. The van der Waals surface area contributed by atoms with Crippen molar-refractivity contribution in [3.05, 3.63) is 28.2 Å². The van der Waals surface area contributed by atoms with Gasteiger partial charge in [-0.15, -0.1) is 11.6 Å². The largest absolute Gasteiger partial charge is 0.462 e. The molecule has 1 nitrogen and oxygen atoms in total. The summed E-state index contributed by atoms with van der Waals surface area (Å²) < 4.78 is 17.6. The lowest BCUT2D eigenvalue weighted by atomic mass is 10.1. The van der Waals surface area contributed by atoms with Crippen LogP contribution in [0.15, 0.2) is 22.7 Å². The molecule has 0 heterocycles. The minimum absolute atomic E-state index is 0.541. The molecular weight excluding hydrogens is 270 g/mol. The van der Waals surface area contributed by atoms with Gasteiger partial charge in [0.1, 0.15) is 5.75 Å². The number of halogens is 3. The average Bonchev–Trinajstić information content (AvgIpc) is 2.20. The fourth-order valence-corrected chi connectivity index (χ4v) is 1.89. The van der Waals surface area contributed by atoms with E-state index in [0.29, 0.717) is 11.6 Å². The number of hydrogen-bond acceptors (Lipinski definition) is 1. The van der Waals surface area contributed by atoms with Crippen LogP contribution >= 0.6 is 27.5 Å². The predicted octanol–water partition coefficient (Wildman–Crippen LogP) is 3.93. The highest BCUT2D eigenvalue weighted by atomic mass is 79.9. The predicted molar refractivity (Wildman–Crippen MR) is 59.8 cm³/mol. The summed E-state index contributed by atoms with van der Waals surface area (Å²) in [5.41, 5.74) is 1.09. The minimum atomic E-state index is -0.808. The van der Waals surface area contributed by atoms with E-state index in [9.17, 15) is 4.39 Å². The van der Waals surface area contributed by atoms with Gasteiger partial charge in [0, 0.05) is 5.88 Å². The van der Waals surface area contributed by atoms with E-state index in [1.165, 1.54) is 0 Å². The van der Waals surface area contributed by atoms with Gasteiger partial charge in [-0.25, -0.2) is 4.39 Å². The highest BCUT2D eigenvalue weighted by Crippen LogP contribution is 2.29. The van der Waals surface area contributed by atoms with Gasteiger partial charge in [0.25, 0.3) is 0 Å². The van der Waals surface area contributed by atoms with Crippen LogP contribution in [0.1, 0.15) is 12.0 Å². The Hall–Kier alpha value is -0.280. The quantitative estimate of drug-likeness (QED) is 0.743. The second kappa shape index (κ2) is 6.25. The van der Waals surface area contributed by atoms with Gasteiger partial charge in [0.05, 0.1) is 4.47 Å². The highest BCUT2D eigenvalue weighted by molar-refractivity contribution is 9.10. The smallest absolute Gasteiger partial charge is 0.228 e. The molecule has 0 aliphatic carbocycles. The maximum Gasteiger partial charge on any atom is 0.228 e. The Bertz CT molecular complexity index is 293. The van der Waals surface area contributed by atoms with E-state index in [1.807, 2.05) is 12.1 Å². The third-order valence-electron chi connectivity index (χ3n) is 1.83. The Kier molecular flexibility index (Phi) is 5.26. The molecule has 0 N–H and O–H groups in total. The number of alkyl halides is 2. The SMILES string of the molecule is FCOc1cccc(CCCCl)c1Br. The lowest BCUT2D eigenvalue weighted by Crippen LogP contribution is -1.94. The first-order valence-corrected chi connectivity index (χ1v) is 5.64. The van der Waals surface area contributed by atoms with E-state index in [-0.39, 0.29) is 0 Å². The van der Waals surface area contributed by atoms with Crippen molar-refractivity contribution in [3.8, 4) is 5.75 Å². The topological polar surface area (TPSA) is 9.23 Å². The first kappa shape index (κ1) is 11.8. The second-order valence-electron chi connectivity index (χ2n) is 2.78. The van der Waals surface area contributed by atoms with Crippen molar-refractivity contribution in [1.29, 1.82) is 0 Å². The lowest BCUT2D eigenvalue weighted by molar-refractivity contribution is 0.190. The van der Waals surface area contributed by atoms with Crippen LogP contribution in [-0.4, -0.2) is 12.7 Å². The van der Waals surface area contributed by atoms with Gasteiger partial charge in [-0.2, -0.15) is 0 Å². The molecule has 1 rings (SSSR count). The lowest BCUT2D eigenvalue weighted by Gasteiger charge is -2.08. The summed E-state index contributed by atoms with van der Waals surface area (Å²) in [5.74, 6) is 1.17. The average molecular weight is 282 g/mol. The van der Waals surface area contributed by atoms with Crippen LogP contribution in [0.5, 0.6) is 5.75 Å². The van der Waals surface area contributed by atoms with Crippen molar-refractivity contribution < 1.29 is 9.13 Å². The Balaban J connectivity index is 2.78. The summed E-state index contributed by atoms with van der Waals surface area (Å²) in [5, 5.41) is 0. The minimum Gasteiger partial charge on any atom is -0.462 e. The molecule has 4 heteroatoms. The van der Waals surface area contributed by atoms with Crippen molar-refractivity contribution in [2.24, 2.45) is 0 Å². The van der Waals surface area contributed by atoms with Gasteiger partial charge in [0.15, 0.2) is 0 Å². The van der Waals surface area contributed by atoms with Crippen molar-refractivity contribution in [1.82, 2.24) is 0 Å². The summed E-state index contributed by atoms with van der Waals surface area (Å²) in [6, 6.07) is 5.55. The van der Waals surface area contributed by atoms with Crippen molar-refractivity contribution in [2.75, 3.05) is 12.7 Å². The first-order valence-electron chi connectivity index (χ1n) is 4.31. The van der Waals surface area contributed by atoms with Gasteiger partial charge in [-0.3, -0.25) is 0 Å². The van der Waals surface area contributed by atoms with E-state index in [0.717, 1.165) is 22.9 Å². The zero-order chi connectivity index (χ0) is 10.4. The van der Waals surface area contributed by atoms with Crippen molar-refractivity contribution in [2.45, 2.75) is 12.8 Å². The standard InChI is InChI=1S/C10H11BrClFO/c11-10-8(4-2-6-12)3-1-5-9(10)14-7-13/h1,3,5H,2,4,6-7H2. The molecule has 0 aromatic heterocycles. The Morgan fingerprint density at radius 1 is 1.43 bits per heavy atom. The van der Waals surface area contributed by atoms with Gasteiger partial charge in [0.2, 0.25) is 6.86 Å². The van der Waals surface area contributed by atoms with Gasteiger partial charge in [-0.1, -0.05) is 12.1 Å². The van der Waals surface area contributed by atoms with Crippen LogP contribution in [0.3, 0.4) is 0 Å². The molecule has 0 bridgehead atoms. The zero-order valence-electron chi connectivity index (χ0n) is 7.60. The van der Waals surface area contributed by atoms with Gasteiger partial charge in [-0.05, 0) is 40.4 Å². The number of rotatable bonds is 5. The first-order chi connectivity index (χ1) is 6.79. The Labute approximate surface area is 96.3 Å². The fraction of sp³-hybridized carbons (Fsp3) is 0.400. The molecular formula is C10H11BrClFO. The normalized spacial score (nSPS) is 10.2. The van der Waals surface area contributed by atoms with Crippen molar-refractivity contribution >= 4 is 27.5 Å². The Morgan fingerprint density at radius 2 is 2.21 bits per heavy atom. The van der Waals surface area contributed by atoms with Crippen LogP contribution in [0.4, 0.5) is 4.39 Å². The molecule has 78 valence electrons. The molecule has 0 fully saturated rings. The number of ether oxygens (including phenoxy) is 1. The molecule has 0 spiro atoms. The molecule has 0 atom stereocenters. The van der Waals surface area contributed by atoms with Gasteiger partial charge >= 0.3 is 0 Å². The fourth-order valence-electron chi connectivity index (χ4n) is 1.18. The van der Waals surface area contributed by atoms with Crippen LogP contribution in [-0.2, 0) is 6.42 Å². The van der Waals surface area contributed by atoms with E-state index in [1.54, 1.807) is 6.07 Å². The summed E-state index contributed by atoms with van der Waals surface area (Å²) in [6.45, 7) is -0.808. The maximum atomic E-state index is 12.0. The van der Waals surface area contributed by atoms with Crippen molar-refractivity contribution in [3.63, 3.8) is 0 Å². The molecule has 14 heavy (non-hydrogen) atoms. The number of benzene rings is 1. The summed E-state index contributed by atoms with van der Waals surface area (Å²) in [6.07, 6.45) is 1.77. The van der Waals surface area contributed by atoms with E-state index < -0.39 is 6.86 Å². The molecule has 0 unspecified atom stereocenters. The summed E-state index contributed by atoms with van der Waals surface area (Å²) in [7, 11) is 0. The van der Waals surface area contributed by atoms with Crippen LogP contribution in [0.25, 0.3) is 0 Å². The molecule has 1 aromatic rings. The second-order valence-corrected chi connectivity index (χ2v) is 3.95.